The van der Waals surface area contributed by atoms with Crippen LogP contribution in [0.2, 0.25) is 0 Å². The molecule has 0 aromatic carbocycles. The molecule has 2 nitrogen and oxygen atoms in total. The number of thiazole rings is 1. The molecule has 1 aliphatic carbocycles. The van der Waals surface area contributed by atoms with Gasteiger partial charge >= 0.3 is 0 Å². The molecule has 1 aliphatic rings. The molecule has 1 aromatic heterocycles. The van der Waals surface area contributed by atoms with Crippen LogP contribution in [0.25, 0.3) is 0 Å². The van der Waals surface area contributed by atoms with E-state index in [-0.39, 0.29) is 11.0 Å². The molecule has 0 radical (unpaired) electrons. The van der Waals surface area contributed by atoms with E-state index in [1.54, 1.807) is 11.3 Å². The quantitative estimate of drug-likeness (QED) is 0.889. The molecular weight excluding hydrogens is 264 g/mol. The highest BCUT2D eigenvalue weighted by Crippen LogP contribution is 2.37. The van der Waals surface area contributed by atoms with Gasteiger partial charge in [0.2, 0.25) is 0 Å². The summed E-state index contributed by atoms with van der Waals surface area (Å²) in [7, 11) is 0. The van der Waals surface area contributed by atoms with E-state index < -0.39 is 0 Å². The third-order valence-electron chi connectivity index (χ3n) is 4.79. The van der Waals surface area contributed by atoms with E-state index in [1.165, 1.54) is 23.5 Å². The van der Waals surface area contributed by atoms with E-state index in [0.717, 1.165) is 31.1 Å². The van der Waals surface area contributed by atoms with E-state index in [1.807, 2.05) is 0 Å². The molecule has 114 valence electrons. The number of hydrogen-bond donors (Lipinski definition) is 1. The van der Waals surface area contributed by atoms with Crippen LogP contribution < -0.4 is 5.73 Å². The molecule has 3 heteroatoms. The van der Waals surface area contributed by atoms with Gasteiger partial charge in [-0.25, -0.2) is 4.98 Å². The topological polar surface area (TPSA) is 38.9 Å². The summed E-state index contributed by atoms with van der Waals surface area (Å²) in [6.45, 7) is 11.3. The van der Waals surface area contributed by atoms with Crippen molar-refractivity contribution < 1.29 is 0 Å². The van der Waals surface area contributed by atoms with Crippen molar-refractivity contribution in [2.45, 2.75) is 77.7 Å². The monoisotopic (exact) mass is 294 g/mol. The molecule has 1 heterocycles. The van der Waals surface area contributed by atoms with Gasteiger partial charge in [-0.05, 0) is 37.5 Å². The molecule has 0 unspecified atom stereocenters. The molecular formula is C17H30N2S. The van der Waals surface area contributed by atoms with Crippen LogP contribution in [0.4, 0.5) is 0 Å². The van der Waals surface area contributed by atoms with Crippen LogP contribution in [0.5, 0.6) is 0 Å². The Balaban J connectivity index is 1.98. The Morgan fingerprint density at radius 2 is 1.95 bits per heavy atom. The van der Waals surface area contributed by atoms with Crippen LogP contribution in [0.3, 0.4) is 0 Å². The van der Waals surface area contributed by atoms with Crippen molar-refractivity contribution in [3.8, 4) is 0 Å². The molecule has 20 heavy (non-hydrogen) atoms. The Morgan fingerprint density at radius 3 is 2.40 bits per heavy atom. The lowest BCUT2D eigenvalue weighted by atomic mass is 9.72. The molecule has 2 rings (SSSR count). The van der Waals surface area contributed by atoms with Gasteiger partial charge in [-0.1, -0.05) is 34.6 Å². The highest BCUT2D eigenvalue weighted by Gasteiger charge is 2.33. The standard InChI is InChI=1S/C17H30N2S/c1-12(2)13-6-8-17(18,9-7-13)10-15-19-14(11-20-15)16(3,4)5/h11-13H,6-10,18H2,1-5H3. The molecule has 2 N–H and O–H groups in total. The first-order chi connectivity index (χ1) is 9.20. The fourth-order valence-electron chi connectivity index (χ4n) is 3.10. The van der Waals surface area contributed by atoms with Crippen LogP contribution in [0.15, 0.2) is 5.38 Å². The first-order valence-corrected chi connectivity index (χ1v) is 8.81. The Bertz CT molecular complexity index is 434. The summed E-state index contributed by atoms with van der Waals surface area (Å²) in [5, 5.41) is 3.43. The van der Waals surface area contributed by atoms with Gasteiger partial charge in [-0.15, -0.1) is 11.3 Å². The highest BCUT2D eigenvalue weighted by molar-refractivity contribution is 7.09. The largest absolute Gasteiger partial charge is 0.325 e. The number of rotatable bonds is 3. The third-order valence-corrected chi connectivity index (χ3v) is 5.64. The van der Waals surface area contributed by atoms with Crippen LogP contribution >= 0.6 is 11.3 Å². The first-order valence-electron chi connectivity index (χ1n) is 7.93. The molecule has 0 aliphatic heterocycles. The first kappa shape index (κ1) is 16.0. The molecule has 0 bridgehead atoms. The zero-order valence-electron chi connectivity index (χ0n) is 13.7. The Kier molecular flexibility index (Phi) is 4.60. The summed E-state index contributed by atoms with van der Waals surface area (Å²) >= 11 is 1.78. The van der Waals surface area contributed by atoms with E-state index in [2.05, 4.69) is 40.0 Å². The molecule has 0 saturated heterocycles. The Morgan fingerprint density at radius 1 is 1.35 bits per heavy atom. The minimum atomic E-state index is -0.0155. The average molecular weight is 295 g/mol. The minimum Gasteiger partial charge on any atom is -0.325 e. The van der Waals surface area contributed by atoms with Crippen LogP contribution in [-0.4, -0.2) is 10.5 Å². The van der Waals surface area contributed by atoms with Gasteiger partial charge in [0, 0.05) is 22.8 Å². The third kappa shape index (κ3) is 3.82. The summed E-state index contributed by atoms with van der Waals surface area (Å²) in [5.41, 5.74) is 7.97. The number of nitrogens with zero attached hydrogens (tertiary/aromatic N) is 1. The van der Waals surface area contributed by atoms with Crippen LogP contribution in [0.1, 0.15) is 71.0 Å². The second-order valence-corrected chi connectivity index (χ2v) is 8.94. The Labute approximate surface area is 128 Å². The van der Waals surface area contributed by atoms with E-state index in [4.69, 9.17) is 10.7 Å². The maximum absolute atomic E-state index is 6.64. The fraction of sp³-hybridized carbons (Fsp3) is 0.824. The lowest BCUT2D eigenvalue weighted by Crippen LogP contribution is -2.45. The second-order valence-electron chi connectivity index (χ2n) is 8.00. The SMILES string of the molecule is CC(C)C1CCC(N)(Cc2nc(C(C)(C)C)cs2)CC1. The smallest absolute Gasteiger partial charge is 0.0946 e. The van der Waals surface area contributed by atoms with Crippen molar-refractivity contribution in [1.82, 2.24) is 4.98 Å². The van der Waals surface area contributed by atoms with Gasteiger partial charge in [0.25, 0.3) is 0 Å². The van der Waals surface area contributed by atoms with E-state index in [9.17, 15) is 0 Å². The molecule has 1 aromatic rings. The lowest BCUT2D eigenvalue weighted by molar-refractivity contribution is 0.194. The van der Waals surface area contributed by atoms with Crippen LogP contribution in [-0.2, 0) is 11.8 Å². The summed E-state index contributed by atoms with van der Waals surface area (Å²) < 4.78 is 0. The lowest BCUT2D eigenvalue weighted by Gasteiger charge is -2.38. The average Bonchev–Trinajstić information content (AvgIpc) is 2.77. The van der Waals surface area contributed by atoms with Gasteiger partial charge in [0.1, 0.15) is 0 Å². The van der Waals surface area contributed by atoms with Crippen molar-refractivity contribution in [3.05, 3.63) is 16.1 Å². The predicted octanol–water partition coefficient (Wildman–Crippen LogP) is 4.53. The maximum Gasteiger partial charge on any atom is 0.0946 e. The number of nitrogens with two attached hydrogens (primary N) is 1. The molecule has 0 spiro atoms. The van der Waals surface area contributed by atoms with Crippen molar-refractivity contribution in [2.24, 2.45) is 17.6 Å². The van der Waals surface area contributed by atoms with Crippen molar-refractivity contribution >= 4 is 11.3 Å². The summed E-state index contributed by atoms with van der Waals surface area (Å²) in [5.74, 6) is 1.67. The zero-order valence-corrected chi connectivity index (χ0v) is 14.5. The van der Waals surface area contributed by atoms with Gasteiger partial charge < -0.3 is 5.73 Å². The van der Waals surface area contributed by atoms with Gasteiger partial charge in [0.05, 0.1) is 10.7 Å². The van der Waals surface area contributed by atoms with Gasteiger partial charge in [-0.3, -0.25) is 0 Å². The minimum absolute atomic E-state index is 0.0155. The normalized spacial score (nSPS) is 28.1. The molecule has 1 saturated carbocycles. The second kappa shape index (κ2) is 5.76. The maximum atomic E-state index is 6.64. The number of aromatic nitrogens is 1. The van der Waals surface area contributed by atoms with Crippen LogP contribution in [0, 0.1) is 11.8 Å². The number of hydrogen-bond acceptors (Lipinski definition) is 3. The van der Waals surface area contributed by atoms with Crippen molar-refractivity contribution in [2.75, 3.05) is 0 Å². The molecule has 1 fully saturated rings. The van der Waals surface area contributed by atoms with E-state index in [0.29, 0.717) is 0 Å². The predicted molar refractivity (Wildman–Crippen MR) is 88.2 cm³/mol. The fourth-order valence-corrected chi connectivity index (χ4v) is 4.27. The van der Waals surface area contributed by atoms with Gasteiger partial charge in [0.15, 0.2) is 0 Å². The summed E-state index contributed by atoms with van der Waals surface area (Å²) in [6, 6.07) is 0. The highest BCUT2D eigenvalue weighted by atomic mass is 32.1. The summed E-state index contributed by atoms with van der Waals surface area (Å²) in [4.78, 5) is 4.81. The Hall–Kier alpha value is -0.410. The zero-order chi connectivity index (χ0) is 15.0. The molecule has 0 amide bonds. The molecule has 0 atom stereocenters. The van der Waals surface area contributed by atoms with Crippen molar-refractivity contribution in [3.63, 3.8) is 0 Å². The summed E-state index contributed by atoms with van der Waals surface area (Å²) in [6.07, 6.45) is 5.83. The van der Waals surface area contributed by atoms with Crippen molar-refractivity contribution in [1.29, 1.82) is 0 Å². The van der Waals surface area contributed by atoms with E-state index >= 15 is 0 Å². The van der Waals surface area contributed by atoms with Gasteiger partial charge in [-0.2, -0.15) is 0 Å².